The molecule has 3 aromatic heterocycles. The van der Waals surface area contributed by atoms with Crippen molar-refractivity contribution in [3.8, 4) is 5.82 Å². The maximum atomic E-state index is 13.0. The van der Waals surface area contributed by atoms with Gasteiger partial charge in [-0.05, 0) is 46.6 Å². The highest BCUT2D eigenvalue weighted by atomic mass is 79.9. The summed E-state index contributed by atoms with van der Waals surface area (Å²) in [5.74, 6) is 1.07. The van der Waals surface area contributed by atoms with Crippen LogP contribution in [0.2, 0.25) is 0 Å². The number of halogens is 2. The number of rotatable bonds is 4. The predicted octanol–water partition coefficient (Wildman–Crippen LogP) is 3.76. The normalized spacial score (nSPS) is 12.2. The smallest absolute Gasteiger partial charge is 0.161 e. The molecule has 0 saturated carbocycles. The van der Waals surface area contributed by atoms with Crippen molar-refractivity contribution in [3.05, 3.63) is 64.9 Å². The minimum absolute atomic E-state index is 0.0968. The van der Waals surface area contributed by atoms with E-state index in [-0.39, 0.29) is 11.9 Å². The second kappa shape index (κ2) is 6.45. The Morgan fingerprint density at radius 2 is 1.96 bits per heavy atom. The van der Waals surface area contributed by atoms with Crippen molar-refractivity contribution in [2.45, 2.75) is 13.0 Å². The summed E-state index contributed by atoms with van der Waals surface area (Å²) in [6.07, 6.45) is 6.00. The Balaban J connectivity index is 1.79. The molecule has 0 aromatic carbocycles. The minimum Gasteiger partial charge on any atom is -0.353 e. The van der Waals surface area contributed by atoms with E-state index in [0.717, 1.165) is 22.1 Å². The van der Waals surface area contributed by atoms with Crippen molar-refractivity contribution in [3.63, 3.8) is 0 Å². The summed E-state index contributed by atoms with van der Waals surface area (Å²) in [5.41, 5.74) is 1.04. The van der Waals surface area contributed by atoms with Gasteiger partial charge >= 0.3 is 0 Å². The zero-order valence-corrected chi connectivity index (χ0v) is 14.3. The molecule has 23 heavy (non-hydrogen) atoms. The molecule has 0 aliphatic rings. The molecule has 0 saturated heterocycles. The standard InChI is InChI=1S/C16H15BrFN5/c1-11(22(2)15-6-4-13(17)8-20-15)12-3-5-16(19-7-12)23-10-14(18)9-21-23/h3-11H,1-2H3/t11-/m0/s1. The molecule has 7 heteroatoms. The van der Waals surface area contributed by atoms with Gasteiger partial charge in [0.15, 0.2) is 11.6 Å². The third-order valence-corrected chi connectivity index (χ3v) is 4.16. The van der Waals surface area contributed by atoms with Crippen molar-refractivity contribution in [2.24, 2.45) is 0 Å². The summed E-state index contributed by atoms with van der Waals surface area (Å²) in [4.78, 5) is 10.8. The zero-order valence-electron chi connectivity index (χ0n) is 12.7. The second-order valence-corrected chi connectivity index (χ2v) is 6.09. The lowest BCUT2D eigenvalue weighted by atomic mass is 10.1. The third kappa shape index (κ3) is 3.39. The van der Waals surface area contributed by atoms with E-state index in [1.165, 1.54) is 10.9 Å². The highest BCUT2D eigenvalue weighted by Crippen LogP contribution is 2.24. The molecule has 5 nitrogen and oxygen atoms in total. The van der Waals surface area contributed by atoms with Crippen LogP contribution in [0.25, 0.3) is 5.82 Å². The number of hydrogen-bond donors (Lipinski definition) is 0. The number of anilines is 1. The van der Waals surface area contributed by atoms with E-state index < -0.39 is 0 Å². The summed E-state index contributed by atoms with van der Waals surface area (Å²) < 4.78 is 15.4. The SMILES string of the molecule is C[C@@H](c1ccc(-n2cc(F)cn2)nc1)N(C)c1ccc(Br)cn1. The van der Waals surface area contributed by atoms with Crippen molar-refractivity contribution in [1.82, 2.24) is 19.7 Å². The molecule has 0 radical (unpaired) electrons. The van der Waals surface area contributed by atoms with E-state index in [1.54, 1.807) is 12.4 Å². The predicted molar refractivity (Wildman–Crippen MR) is 90.1 cm³/mol. The van der Waals surface area contributed by atoms with Crippen LogP contribution < -0.4 is 4.90 Å². The molecule has 0 fully saturated rings. The molecule has 3 heterocycles. The van der Waals surface area contributed by atoms with Crippen LogP contribution in [0.15, 0.2) is 53.5 Å². The summed E-state index contributed by atoms with van der Waals surface area (Å²) in [6, 6.07) is 7.79. The highest BCUT2D eigenvalue weighted by molar-refractivity contribution is 9.10. The van der Waals surface area contributed by atoms with Gasteiger partial charge in [-0.1, -0.05) is 6.07 Å². The first kappa shape index (κ1) is 15.6. The number of pyridine rings is 2. The van der Waals surface area contributed by atoms with Crippen molar-refractivity contribution < 1.29 is 4.39 Å². The molecule has 1 atom stereocenters. The van der Waals surface area contributed by atoms with Gasteiger partial charge in [-0.2, -0.15) is 5.10 Å². The summed E-state index contributed by atoms with van der Waals surface area (Å²) in [5, 5.41) is 3.91. The average molecular weight is 376 g/mol. The molecular weight excluding hydrogens is 361 g/mol. The fourth-order valence-electron chi connectivity index (χ4n) is 2.20. The molecule has 0 aliphatic carbocycles. The molecule has 3 aromatic rings. The van der Waals surface area contributed by atoms with Gasteiger partial charge in [-0.3, -0.25) is 0 Å². The van der Waals surface area contributed by atoms with Crippen LogP contribution >= 0.6 is 15.9 Å². The van der Waals surface area contributed by atoms with E-state index in [1.807, 2.05) is 31.3 Å². The molecule has 0 spiro atoms. The minimum atomic E-state index is -0.384. The summed E-state index contributed by atoms with van der Waals surface area (Å²) in [7, 11) is 1.98. The fourth-order valence-corrected chi connectivity index (χ4v) is 2.44. The first-order valence-corrected chi connectivity index (χ1v) is 7.85. The van der Waals surface area contributed by atoms with Crippen molar-refractivity contribution >= 4 is 21.7 Å². The van der Waals surface area contributed by atoms with Gasteiger partial charge in [0.2, 0.25) is 0 Å². The van der Waals surface area contributed by atoms with E-state index in [9.17, 15) is 4.39 Å². The fraction of sp³-hybridized carbons (Fsp3) is 0.188. The van der Waals surface area contributed by atoms with Gasteiger partial charge in [0.05, 0.1) is 18.4 Å². The Morgan fingerprint density at radius 3 is 2.52 bits per heavy atom. The van der Waals surface area contributed by atoms with Gasteiger partial charge in [-0.15, -0.1) is 0 Å². The van der Waals surface area contributed by atoms with Crippen LogP contribution in [-0.2, 0) is 0 Å². The topological polar surface area (TPSA) is 46.8 Å². The van der Waals surface area contributed by atoms with Crippen LogP contribution in [-0.4, -0.2) is 26.8 Å². The molecular formula is C16H15BrFN5. The Kier molecular flexibility index (Phi) is 4.38. The Bertz CT molecular complexity index is 785. The maximum Gasteiger partial charge on any atom is 0.161 e. The molecule has 0 aliphatic heterocycles. The maximum absolute atomic E-state index is 13.0. The van der Waals surface area contributed by atoms with Crippen molar-refractivity contribution in [2.75, 3.05) is 11.9 Å². The molecule has 0 amide bonds. The quantitative estimate of drug-likeness (QED) is 0.696. The average Bonchev–Trinajstić information content (AvgIpc) is 3.01. The van der Waals surface area contributed by atoms with Gasteiger partial charge < -0.3 is 4.90 Å². The Hall–Kier alpha value is -2.28. The monoisotopic (exact) mass is 375 g/mol. The van der Waals surface area contributed by atoms with Crippen LogP contribution in [0.1, 0.15) is 18.5 Å². The van der Waals surface area contributed by atoms with E-state index >= 15 is 0 Å². The Labute approximate surface area is 141 Å². The van der Waals surface area contributed by atoms with Crippen LogP contribution in [0.4, 0.5) is 10.2 Å². The molecule has 0 N–H and O–H groups in total. The largest absolute Gasteiger partial charge is 0.353 e. The summed E-state index contributed by atoms with van der Waals surface area (Å²) in [6.45, 7) is 2.08. The molecule has 0 bridgehead atoms. The van der Waals surface area contributed by atoms with Gasteiger partial charge in [0.1, 0.15) is 5.82 Å². The van der Waals surface area contributed by atoms with Gasteiger partial charge in [-0.25, -0.2) is 19.0 Å². The lowest BCUT2D eigenvalue weighted by Gasteiger charge is -2.26. The number of hydrogen-bond acceptors (Lipinski definition) is 4. The summed E-state index contributed by atoms with van der Waals surface area (Å²) >= 11 is 3.38. The zero-order chi connectivity index (χ0) is 16.4. The molecule has 118 valence electrons. The lowest BCUT2D eigenvalue weighted by Crippen LogP contribution is -2.22. The van der Waals surface area contributed by atoms with Crippen LogP contribution in [0.5, 0.6) is 0 Å². The third-order valence-electron chi connectivity index (χ3n) is 3.69. The second-order valence-electron chi connectivity index (χ2n) is 5.17. The molecule has 0 unspecified atom stereocenters. The lowest BCUT2D eigenvalue weighted by molar-refractivity contribution is 0.627. The first-order chi connectivity index (χ1) is 11.0. The van der Waals surface area contributed by atoms with Crippen LogP contribution in [0, 0.1) is 5.82 Å². The molecule has 3 rings (SSSR count). The number of aromatic nitrogens is 4. The van der Waals surface area contributed by atoms with Gasteiger partial charge in [0, 0.05) is 23.9 Å². The van der Waals surface area contributed by atoms with Crippen molar-refractivity contribution in [1.29, 1.82) is 0 Å². The van der Waals surface area contributed by atoms with E-state index in [0.29, 0.717) is 5.82 Å². The van der Waals surface area contributed by atoms with E-state index in [4.69, 9.17) is 0 Å². The van der Waals surface area contributed by atoms with E-state index in [2.05, 4.69) is 42.8 Å². The first-order valence-electron chi connectivity index (χ1n) is 7.05. The highest BCUT2D eigenvalue weighted by Gasteiger charge is 2.14. The number of nitrogens with zero attached hydrogens (tertiary/aromatic N) is 5. The van der Waals surface area contributed by atoms with Crippen LogP contribution in [0.3, 0.4) is 0 Å². The Morgan fingerprint density at radius 1 is 1.13 bits per heavy atom. The van der Waals surface area contributed by atoms with Gasteiger partial charge in [0.25, 0.3) is 0 Å².